The summed E-state index contributed by atoms with van der Waals surface area (Å²) in [6.45, 7) is 1.69. The Kier molecular flexibility index (Phi) is 2.78. The van der Waals surface area contributed by atoms with Crippen LogP contribution in [0.3, 0.4) is 0 Å². The summed E-state index contributed by atoms with van der Waals surface area (Å²) >= 11 is 1.70. The number of ketones is 1. The van der Waals surface area contributed by atoms with E-state index >= 15 is 0 Å². The molecule has 2 aromatic rings. The van der Waals surface area contributed by atoms with Crippen molar-refractivity contribution in [3.8, 4) is 0 Å². The van der Waals surface area contributed by atoms with Gasteiger partial charge in [-0.25, -0.2) is 4.39 Å². The van der Waals surface area contributed by atoms with Crippen LogP contribution in [-0.4, -0.2) is 5.78 Å². The first kappa shape index (κ1) is 11.6. The van der Waals surface area contributed by atoms with E-state index in [1.165, 1.54) is 10.9 Å². The number of Topliss-reactive ketones (excluding diaryl/α,β-unsaturated/α-hetero) is 1. The molecule has 1 aliphatic carbocycles. The van der Waals surface area contributed by atoms with Crippen molar-refractivity contribution in [2.24, 2.45) is 5.92 Å². The number of hydrogen-bond acceptors (Lipinski definition) is 2. The fourth-order valence-electron chi connectivity index (χ4n) is 2.31. The summed E-state index contributed by atoms with van der Waals surface area (Å²) in [7, 11) is 0. The van der Waals surface area contributed by atoms with Gasteiger partial charge in [0.2, 0.25) is 0 Å². The highest BCUT2D eigenvalue weighted by molar-refractivity contribution is 7.10. The van der Waals surface area contributed by atoms with Crippen LogP contribution in [0.2, 0.25) is 0 Å². The highest BCUT2D eigenvalue weighted by Crippen LogP contribution is 2.50. The number of thiophene rings is 1. The molecular formula is C15H13FOS. The van der Waals surface area contributed by atoms with Crippen LogP contribution >= 0.6 is 11.3 Å². The second-order valence-electron chi connectivity index (χ2n) is 4.79. The van der Waals surface area contributed by atoms with Gasteiger partial charge in [-0.1, -0.05) is 6.07 Å². The van der Waals surface area contributed by atoms with Crippen molar-refractivity contribution < 1.29 is 9.18 Å². The van der Waals surface area contributed by atoms with Crippen molar-refractivity contribution in [1.82, 2.24) is 0 Å². The minimum Gasteiger partial charge on any atom is -0.294 e. The minimum atomic E-state index is -0.253. The van der Waals surface area contributed by atoms with Gasteiger partial charge in [-0.05, 0) is 48.6 Å². The van der Waals surface area contributed by atoms with Crippen LogP contribution in [-0.2, 0) is 0 Å². The van der Waals surface area contributed by atoms with E-state index in [0.29, 0.717) is 17.0 Å². The standard InChI is InChI=1S/C15H13FOS/c1-9-7-10(4-5-13(9)16)15(17)12-8-11(12)14-3-2-6-18-14/h2-7,11-12H,8H2,1H3. The van der Waals surface area contributed by atoms with E-state index in [0.717, 1.165) is 6.42 Å². The van der Waals surface area contributed by atoms with Crippen molar-refractivity contribution in [1.29, 1.82) is 0 Å². The summed E-state index contributed by atoms with van der Waals surface area (Å²) in [6, 6.07) is 8.72. The number of carbonyl (C=O) groups excluding carboxylic acids is 1. The van der Waals surface area contributed by atoms with Gasteiger partial charge in [0.05, 0.1) is 0 Å². The molecular weight excluding hydrogens is 247 g/mol. The first-order chi connectivity index (χ1) is 8.66. The second-order valence-corrected chi connectivity index (χ2v) is 5.77. The van der Waals surface area contributed by atoms with Crippen LogP contribution in [0.5, 0.6) is 0 Å². The predicted octanol–water partition coefficient (Wildman–Crippen LogP) is 4.18. The Balaban J connectivity index is 1.78. The van der Waals surface area contributed by atoms with Crippen LogP contribution in [0, 0.1) is 18.7 Å². The monoisotopic (exact) mass is 260 g/mol. The van der Waals surface area contributed by atoms with Crippen LogP contribution in [0.15, 0.2) is 35.7 Å². The van der Waals surface area contributed by atoms with E-state index in [9.17, 15) is 9.18 Å². The van der Waals surface area contributed by atoms with Crippen LogP contribution < -0.4 is 0 Å². The molecule has 1 aromatic carbocycles. The normalized spacial score (nSPS) is 21.9. The molecule has 3 heteroatoms. The predicted molar refractivity (Wildman–Crippen MR) is 70.6 cm³/mol. The van der Waals surface area contributed by atoms with Gasteiger partial charge in [0.1, 0.15) is 5.82 Å². The van der Waals surface area contributed by atoms with Crippen molar-refractivity contribution in [3.63, 3.8) is 0 Å². The molecule has 0 bridgehead atoms. The van der Waals surface area contributed by atoms with Crippen molar-refractivity contribution in [2.45, 2.75) is 19.3 Å². The SMILES string of the molecule is Cc1cc(C(=O)C2CC2c2cccs2)ccc1F. The highest BCUT2D eigenvalue weighted by Gasteiger charge is 2.44. The van der Waals surface area contributed by atoms with Gasteiger partial charge in [-0.3, -0.25) is 4.79 Å². The first-order valence-corrected chi connectivity index (χ1v) is 6.88. The van der Waals surface area contributed by atoms with E-state index < -0.39 is 0 Å². The number of rotatable bonds is 3. The Hall–Kier alpha value is -1.48. The Bertz CT molecular complexity index is 589. The molecule has 0 spiro atoms. The van der Waals surface area contributed by atoms with E-state index in [1.54, 1.807) is 30.4 Å². The number of benzene rings is 1. The van der Waals surface area contributed by atoms with Gasteiger partial charge >= 0.3 is 0 Å². The molecule has 0 N–H and O–H groups in total. The highest BCUT2D eigenvalue weighted by atomic mass is 32.1. The lowest BCUT2D eigenvalue weighted by Crippen LogP contribution is -2.03. The molecule has 1 saturated carbocycles. The van der Waals surface area contributed by atoms with Crippen molar-refractivity contribution in [3.05, 3.63) is 57.5 Å². The molecule has 0 saturated heterocycles. The molecule has 1 fully saturated rings. The summed E-state index contributed by atoms with van der Waals surface area (Å²) in [5.74, 6) is 0.366. The first-order valence-electron chi connectivity index (χ1n) is 6.00. The maximum Gasteiger partial charge on any atom is 0.166 e. The lowest BCUT2D eigenvalue weighted by Gasteiger charge is -2.02. The fraction of sp³-hybridized carbons (Fsp3) is 0.267. The Labute approximate surface area is 109 Å². The summed E-state index contributed by atoms with van der Waals surface area (Å²) in [4.78, 5) is 13.5. The summed E-state index contributed by atoms with van der Waals surface area (Å²) in [5, 5.41) is 2.04. The van der Waals surface area contributed by atoms with Crippen molar-refractivity contribution in [2.75, 3.05) is 0 Å². The molecule has 1 aromatic heterocycles. The summed E-state index contributed by atoms with van der Waals surface area (Å²) in [6.07, 6.45) is 0.926. The van der Waals surface area contributed by atoms with E-state index in [2.05, 4.69) is 6.07 Å². The summed E-state index contributed by atoms with van der Waals surface area (Å²) < 4.78 is 13.2. The molecule has 0 radical (unpaired) electrons. The van der Waals surface area contributed by atoms with Crippen LogP contribution in [0.25, 0.3) is 0 Å². The Morgan fingerprint density at radius 2 is 2.22 bits per heavy atom. The van der Waals surface area contributed by atoms with Gasteiger partial charge in [-0.15, -0.1) is 11.3 Å². The molecule has 92 valence electrons. The number of carbonyl (C=O) groups is 1. The van der Waals surface area contributed by atoms with Gasteiger partial charge in [0, 0.05) is 22.3 Å². The Morgan fingerprint density at radius 3 is 2.89 bits per heavy atom. The third kappa shape index (κ3) is 1.99. The number of halogens is 1. The molecule has 3 rings (SSSR count). The fourth-order valence-corrected chi connectivity index (χ4v) is 3.22. The smallest absolute Gasteiger partial charge is 0.166 e. The van der Waals surface area contributed by atoms with E-state index in [1.807, 2.05) is 11.4 Å². The number of aryl methyl sites for hydroxylation is 1. The topological polar surface area (TPSA) is 17.1 Å². The van der Waals surface area contributed by atoms with E-state index in [-0.39, 0.29) is 17.5 Å². The van der Waals surface area contributed by atoms with Crippen LogP contribution in [0.1, 0.15) is 33.1 Å². The van der Waals surface area contributed by atoms with E-state index in [4.69, 9.17) is 0 Å². The zero-order valence-electron chi connectivity index (χ0n) is 10.0. The molecule has 1 heterocycles. The van der Waals surface area contributed by atoms with Crippen molar-refractivity contribution >= 4 is 17.1 Å². The lowest BCUT2D eigenvalue weighted by atomic mass is 10.0. The maximum atomic E-state index is 13.2. The molecule has 0 amide bonds. The molecule has 0 aliphatic heterocycles. The quantitative estimate of drug-likeness (QED) is 0.756. The number of hydrogen-bond donors (Lipinski definition) is 0. The summed E-state index contributed by atoms with van der Waals surface area (Å²) in [5.41, 5.74) is 1.17. The molecule has 1 nitrogen and oxygen atoms in total. The third-order valence-electron chi connectivity index (χ3n) is 3.48. The Morgan fingerprint density at radius 1 is 1.39 bits per heavy atom. The van der Waals surface area contributed by atoms with Gasteiger partial charge < -0.3 is 0 Å². The third-order valence-corrected chi connectivity index (χ3v) is 4.48. The zero-order chi connectivity index (χ0) is 12.7. The zero-order valence-corrected chi connectivity index (χ0v) is 10.8. The minimum absolute atomic E-state index is 0.0912. The average molecular weight is 260 g/mol. The molecule has 1 aliphatic rings. The molecule has 2 unspecified atom stereocenters. The largest absolute Gasteiger partial charge is 0.294 e. The maximum absolute atomic E-state index is 13.2. The van der Waals surface area contributed by atoms with Crippen LogP contribution in [0.4, 0.5) is 4.39 Å². The molecule has 2 atom stereocenters. The lowest BCUT2D eigenvalue weighted by molar-refractivity contribution is 0.0965. The average Bonchev–Trinajstić information content (AvgIpc) is 2.98. The van der Waals surface area contributed by atoms with Gasteiger partial charge in [0.25, 0.3) is 0 Å². The van der Waals surface area contributed by atoms with Gasteiger partial charge in [-0.2, -0.15) is 0 Å². The molecule has 18 heavy (non-hydrogen) atoms. The van der Waals surface area contributed by atoms with Gasteiger partial charge in [0.15, 0.2) is 5.78 Å². The second kappa shape index (κ2) is 4.32.